The van der Waals surface area contributed by atoms with E-state index in [-0.39, 0.29) is 0 Å². The van der Waals surface area contributed by atoms with Crippen LogP contribution >= 0.6 is 0 Å². The molecule has 0 unspecified atom stereocenters. The van der Waals surface area contributed by atoms with E-state index in [4.69, 9.17) is 0 Å². The standard InChI is InChI=1S/C10H16N2/c1-7(2)8(3)5-10-9(4)6-11-12-10/h5-7H,1-4H3,(H,11,12)/b8-5+. The topological polar surface area (TPSA) is 28.7 Å². The summed E-state index contributed by atoms with van der Waals surface area (Å²) in [6, 6.07) is 0. The van der Waals surface area contributed by atoms with Crippen LogP contribution in [0.2, 0.25) is 0 Å². The van der Waals surface area contributed by atoms with Crippen LogP contribution in [0.5, 0.6) is 0 Å². The summed E-state index contributed by atoms with van der Waals surface area (Å²) in [6.45, 7) is 8.59. The Bertz CT molecular complexity index is 282. The Morgan fingerprint density at radius 1 is 1.58 bits per heavy atom. The number of nitrogens with zero attached hydrogens (tertiary/aromatic N) is 1. The minimum absolute atomic E-state index is 0.604. The number of hydrogen-bond acceptors (Lipinski definition) is 1. The van der Waals surface area contributed by atoms with E-state index in [9.17, 15) is 0 Å². The number of aryl methyl sites for hydroxylation is 1. The third-order valence-corrected chi connectivity index (χ3v) is 2.15. The van der Waals surface area contributed by atoms with Gasteiger partial charge in [0.25, 0.3) is 0 Å². The van der Waals surface area contributed by atoms with Gasteiger partial charge in [-0.15, -0.1) is 0 Å². The van der Waals surface area contributed by atoms with Crippen LogP contribution in [0.3, 0.4) is 0 Å². The summed E-state index contributed by atoms with van der Waals surface area (Å²) in [5.41, 5.74) is 3.71. The fraction of sp³-hybridized carbons (Fsp3) is 0.500. The van der Waals surface area contributed by atoms with Gasteiger partial charge >= 0.3 is 0 Å². The Morgan fingerprint density at radius 3 is 2.67 bits per heavy atom. The van der Waals surface area contributed by atoms with Crippen LogP contribution in [0, 0.1) is 12.8 Å². The first-order valence-electron chi connectivity index (χ1n) is 4.29. The Labute approximate surface area is 73.7 Å². The molecule has 0 bridgehead atoms. The summed E-state index contributed by atoms with van der Waals surface area (Å²) >= 11 is 0. The molecule has 1 heterocycles. The molecule has 2 heteroatoms. The summed E-state index contributed by atoms with van der Waals surface area (Å²) in [5.74, 6) is 0.604. The summed E-state index contributed by atoms with van der Waals surface area (Å²) in [7, 11) is 0. The lowest BCUT2D eigenvalue weighted by molar-refractivity contribution is 0.775. The molecular formula is C10H16N2. The Kier molecular flexibility index (Phi) is 2.69. The summed E-state index contributed by atoms with van der Waals surface area (Å²) in [6.07, 6.45) is 4.01. The molecule has 2 nitrogen and oxygen atoms in total. The third-order valence-electron chi connectivity index (χ3n) is 2.15. The predicted molar refractivity (Wildman–Crippen MR) is 51.8 cm³/mol. The van der Waals surface area contributed by atoms with Crippen LogP contribution in [0.25, 0.3) is 6.08 Å². The van der Waals surface area contributed by atoms with Crippen molar-refractivity contribution in [2.75, 3.05) is 0 Å². The van der Waals surface area contributed by atoms with Crippen molar-refractivity contribution in [2.24, 2.45) is 5.92 Å². The lowest BCUT2D eigenvalue weighted by Crippen LogP contribution is -1.89. The minimum Gasteiger partial charge on any atom is -0.278 e. The Balaban J connectivity index is 2.87. The molecule has 66 valence electrons. The number of aromatic nitrogens is 2. The molecule has 0 amide bonds. The minimum atomic E-state index is 0.604. The van der Waals surface area contributed by atoms with E-state index in [1.54, 1.807) is 0 Å². The summed E-state index contributed by atoms with van der Waals surface area (Å²) in [4.78, 5) is 0. The third kappa shape index (κ3) is 1.97. The molecule has 0 spiro atoms. The number of nitrogens with one attached hydrogen (secondary N) is 1. The van der Waals surface area contributed by atoms with Gasteiger partial charge in [0.15, 0.2) is 0 Å². The van der Waals surface area contributed by atoms with Gasteiger partial charge in [0.2, 0.25) is 0 Å². The molecule has 0 radical (unpaired) electrons. The van der Waals surface area contributed by atoms with Crippen LogP contribution in [-0.2, 0) is 0 Å². The van der Waals surface area contributed by atoms with E-state index in [0.29, 0.717) is 5.92 Å². The second kappa shape index (κ2) is 3.57. The number of hydrogen-bond donors (Lipinski definition) is 1. The second-order valence-corrected chi connectivity index (χ2v) is 3.51. The van der Waals surface area contributed by atoms with Gasteiger partial charge in [0.05, 0.1) is 11.9 Å². The van der Waals surface area contributed by atoms with Gasteiger partial charge in [-0.1, -0.05) is 19.4 Å². The van der Waals surface area contributed by atoms with E-state index in [1.807, 2.05) is 6.20 Å². The molecule has 1 N–H and O–H groups in total. The van der Waals surface area contributed by atoms with Gasteiger partial charge in [-0.3, -0.25) is 5.10 Å². The zero-order valence-corrected chi connectivity index (χ0v) is 8.18. The SMILES string of the molecule is C/C(=C\c1[nH]ncc1C)C(C)C. The van der Waals surface area contributed by atoms with E-state index < -0.39 is 0 Å². The van der Waals surface area contributed by atoms with Crippen molar-refractivity contribution < 1.29 is 0 Å². The second-order valence-electron chi connectivity index (χ2n) is 3.51. The maximum Gasteiger partial charge on any atom is 0.0606 e. The molecule has 0 saturated heterocycles. The lowest BCUT2D eigenvalue weighted by atomic mass is 10.0. The molecule has 0 aliphatic heterocycles. The lowest BCUT2D eigenvalue weighted by Gasteiger charge is -2.03. The molecule has 0 fully saturated rings. The van der Waals surface area contributed by atoms with Gasteiger partial charge in [-0.2, -0.15) is 5.10 Å². The quantitative estimate of drug-likeness (QED) is 0.715. The molecule has 0 aliphatic carbocycles. The van der Waals surface area contributed by atoms with Crippen molar-refractivity contribution in [3.63, 3.8) is 0 Å². The zero-order chi connectivity index (χ0) is 9.14. The fourth-order valence-electron chi connectivity index (χ4n) is 0.897. The van der Waals surface area contributed by atoms with Crippen LogP contribution in [0.4, 0.5) is 0 Å². The van der Waals surface area contributed by atoms with Crippen molar-refractivity contribution in [1.29, 1.82) is 0 Å². The maximum absolute atomic E-state index is 3.96. The van der Waals surface area contributed by atoms with Crippen molar-refractivity contribution in [2.45, 2.75) is 27.7 Å². The molecule has 1 aromatic rings. The first-order valence-corrected chi connectivity index (χ1v) is 4.29. The molecule has 12 heavy (non-hydrogen) atoms. The van der Waals surface area contributed by atoms with Gasteiger partial charge in [0, 0.05) is 0 Å². The first kappa shape index (κ1) is 9.04. The van der Waals surface area contributed by atoms with Crippen LogP contribution in [-0.4, -0.2) is 10.2 Å². The predicted octanol–water partition coefficient (Wildman–Crippen LogP) is 2.78. The molecule has 0 atom stereocenters. The average molecular weight is 164 g/mol. The molecule has 0 aromatic carbocycles. The zero-order valence-electron chi connectivity index (χ0n) is 8.18. The van der Waals surface area contributed by atoms with Gasteiger partial charge in [0.1, 0.15) is 0 Å². The van der Waals surface area contributed by atoms with E-state index in [0.717, 1.165) is 5.69 Å². The highest BCUT2D eigenvalue weighted by molar-refractivity contribution is 5.51. The van der Waals surface area contributed by atoms with Crippen LogP contribution < -0.4 is 0 Å². The highest BCUT2D eigenvalue weighted by Crippen LogP contribution is 2.14. The van der Waals surface area contributed by atoms with Crippen molar-refractivity contribution in [3.05, 3.63) is 23.0 Å². The van der Waals surface area contributed by atoms with Crippen molar-refractivity contribution in [1.82, 2.24) is 10.2 Å². The van der Waals surface area contributed by atoms with Crippen molar-refractivity contribution in [3.8, 4) is 0 Å². The van der Waals surface area contributed by atoms with E-state index in [1.165, 1.54) is 11.1 Å². The first-order chi connectivity index (χ1) is 5.61. The van der Waals surface area contributed by atoms with Crippen LogP contribution in [0.1, 0.15) is 32.0 Å². The molecule has 1 aromatic heterocycles. The number of aromatic amines is 1. The highest BCUT2D eigenvalue weighted by atomic mass is 15.1. The van der Waals surface area contributed by atoms with Gasteiger partial charge in [-0.25, -0.2) is 0 Å². The Morgan fingerprint density at radius 2 is 2.25 bits per heavy atom. The Hall–Kier alpha value is -1.05. The van der Waals surface area contributed by atoms with Crippen molar-refractivity contribution >= 4 is 6.08 Å². The van der Waals surface area contributed by atoms with Gasteiger partial charge in [-0.05, 0) is 31.4 Å². The smallest absolute Gasteiger partial charge is 0.0606 e. The maximum atomic E-state index is 3.96. The van der Waals surface area contributed by atoms with E-state index >= 15 is 0 Å². The van der Waals surface area contributed by atoms with Gasteiger partial charge < -0.3 is 0 Å². The normalized spacial score (nSPS) is 12.6. The number of allylic oxidation sites excluding steroid dienone is 1. The highest BCUT2D eigenvalue weighted by Gasteiger charge is 1.99. The largest absolute Gasteiger partial charge is 0.278 e. The van der Waals surface area contributed by atoms with E-state index in [2.05, 4.69) is 44.0 Å². The number of rotatable bonds is 2. The number of H-pyrrole nitrogens is 1. The van der Waals surface area contributed by atoms with Crippen LogP contribution in [0.15, 0.2) is 11.8 Å². The molecule has 0 saturated carbocycles. The molecule has 0 aliphatic rings. The summed E-state index contributed by atoms with van der Waals surface area (Å²) in [5, 5.41) is 6.93. The molecular weight excluding hydrogens is 148 g/mol. The monoisotopic (exact) mass is 164 g/mol. The summed E-state index contributed by atoms with van der Waals surface area (Å²) < 4.78 is 0. The molecule has 1 rings (SSSR count). The fourth-order valence-corrected chi connectivity index (χ4v) is 0.897. The average Bonchev–Trinajstić information content (AvgIpc) is 2.36.